The van der Waals surface area contributed by atoms with Crippen molar-refractivity contribution in [3.8, 4) is 5.75 Å². The Hall–Kier alpha value is -1.15. The summed E-state index contributed by atoms with van der Waals surface area (Å²) in [5.41, 5.74) is 6.19. The van der Waals surface area contributed by atoms with Crippen molar-refractivity contribution in [1.82, 2.24) is 0 Å². The van der Waals surface area contributed by atoms with Crippen molar-refractivity contribution in [2.75, 3.05) is 46.0 Å². The van der Waals surface area contributed by atoms with Crippen LogP contribution in [-0.4, -0.2) is 51.9 Å². The van der Waals surface area contributed by atoms with E-state index in [2.05, 4.69) is 21.2 Å². The van der Waals surface area contributed by atoms with Crippen molar-refractivity contribution in [2.45, 2.75) is 6.54 Å². The minimum Gasteiger partial charge on any atom is -0.483 e. The van der Waals surface area contributed by atoms with Crippen molar-refractivity contribution < 1.29 is 24.5 Å². The maximum Gasteiger partial charge on any atom is 0.255 e. The van der Waals surface area contributed by atoms with Crippen LogP contribution in [-0.2, 0) is 16.1 Å². The molecule has 0 aromatic heterocycles. The number of halogens is 1. The van der Waals surface area contributed by atoms with Gasteiger partial charge in [-0.25, -0.2) is 0 Å². The quantitative estimate of drug-likeness (QED) is 0.474. The molecule has 5 N–H and O–H groups in total. The molecule has 1 fully saturated rings. The van der Waals surface area contributed by atoms with Crippen molar-refractivity contribution in [2.24, 2.45) is 5.73 Å². The lowest BCUT2D eigenvalue weighted by molar-refractivity contribution is -0.920. The zero-order valence-corrected chi connectivity index (χ0v) is 14.2. The summed E-state index contributed by atoms with van der Waals surface area (Å²) in [6.07, 6.45) is 0. The number of carbonyl (C=O) groups is 1. The smallest absolute Gasteiger partial charge is 0.255 e. The fraction of sp³-hybridized carbons (Fsp3) is 0.533. The topological polar surface area (TPSA) is 82.6 Å². The van der Waals surface area contributed by atoms with Gasteiger partial charge in [-0.2, -0.15) is 0 Å². The first kappa shape index (κ1) is 17.2. The predicted octanol–water partition coefficient (Wildman–Crippen LogP) is -1.71. The Bertz CT molecular complexity index is 493. The van der Waals surface area contributed by atoms with E-state index in [0.29, 0.717) is 0 Å². The minimum absolute atomic E-state index is 0.0907. The van der Waals surface area contributed by atoms with Gasteiger partial charge in [-0.1, -0.05) is 15.9 Å². The van der Waals surface area contributed by atoms with Gasteiger partial charge in [-0.15, -0.1) is 0 Å². The Morgan fingerprint density at radius 1 is 1.41 bits per heavy atom. The van der Waals surface area contributed by atoms with Gasteiger partial charge < -0.3 is 25.4 Å². The molecule has 0 aliphatic carbocycles. The number of primary amides is 1. The second-order valence-corrected chi connectivity index (χ2v) is 6.32. The van der Waals surface area contributed by atoms with E-state index in [9.17, 15) is 4.79 Å². The van der Waals surface area contributed by atoms with Crippen LogP contribution in [0.15, 0.2) is 22.7 Å². The molecule has 1 heterocycles. The van der Waals surface area contributed by atoms with Crippen molar-refractivity contribution in [3.63, 3.8) is 0 Å². The molecular weight excluding hydrogens is 350 g/mol. The van der Waals surface area contributed by atoms with Crippen LogP contribution in [0.1, 0.15) is 5.56 Å². The van der Waals surface area contributed by atoms with E-state index in [0.717, 1.165) is 61.7 Å². The molecule has 0 bridgehead atoms. The molecule has 1 saturated heterocycles. The summed E-state index contributed by atoms with van der Waals surface area (Å²) >= 11 is 3.47. The molecule has 0 unspecified atom stereocenters. The highest BCUT2D eigenvalue weighted by molar-refractivity contribution is 9.10. The molecule has 0 radical (unpaired) electrons. The Balaban J connectivity index is 1.79. The van der Waals surface area contributed by atoms with Crippen LogP contribution in [0.4, 0.5) is 0 Å². The Kier molecular flexibility index (Phi) is 7.11. The van der Waals surface area contributed by atoms with Gasteiger partial charge in [-0.05, 0) is 18.2 Å². The lowest BCUT2D eigenvalue weighted by atomic mass is 10.2. The van der Waals surface area contributed by atoms with Gasteiger partial charge in [-0.3, -0.25) is 4.79 Å². The van der Waals surface area contributed by atoms with Gasteiger partial charge in [0.25, 0.3) is 5.91 Å². The predicted molar refractivity (Wildman–Crippen MR) is 85.7 cm³/mol. The van der Waals surface area contributed by atoms with E-state index in [1.807, 2.05) is 18.2 Å². The zero-order chi connectivity index (χ0) is 15.8. The number of nitrogens with one attached hydrogen (secondary N) is 1. The fourth-order valence-electron chi connectivity index (χ4n) is 2.47. The number of amides is 1. The van der Waals surface area contributed by atoms with Crippen LogP contribution in [0.3, 0.4) is 0 Å². The SMILES string of the molecule is NC(=O)COc1ccc(Br)cc1C[NH2+]CC[NH+]1CCOCC1. The Morgan fingerprint density at radius 3 is 2.91 bits per heavy atom. The second-order valence-electron chi connectivity index (χ2n) is 5.40. The lowest BCUT2D eigenvalue weighted by Gasteiger charge is -2.22. The van der Waals surface area contributed by atoms with E-state index < -0.39 is 5.91 Å². The first-order valence-electron chi connectivity index (χ1n) is 7.57. The third-order valence-electron chi connectivity index (χ3n) is 3.66. The molecule has 0 saturated carbocycles. The van der Waals surface area contributed by atoms with Gasteiger partial charge in [0.05, 0.1) is 13.2 Å². The maximum absolute atomic E-state index is 10.9. The molecule has 2 rings (SSSR count). The maximum atomic E-state index is 10.9. The average molecular weight is 374 g/mol. The van der Waals surface area contributed by atoms with E-state index in [1.165, 1.54) is 0 Å². The van der Waals surface area contributed by atoms with Crippen LogP contribution < -0.4 is 20.7 Å². The van der Waals surface area contributed by atoms with E-state index in [1.54, 1.807) is 4.90 Å². The number of hydrogen-bond acceptors (Lipinski definition) is 3. The van der Waals surface area contributed by atoms with Gasteiger partial charge in [0, 0.05) is 10.0 Å². The van der Waals surface area contributed by atoms with E-state index in [-0.39, 0.29) is 6.61 Å². The molecule has 1 aromatic carbocycles. The molecule has 7 heteroatoms. The Morgan fingerprint density at radius 2 is 2.18 bits per heavy atom. The molecule has 122 valence electrons. The number of rotatable bonds is 8. The molecule has 22 heavy (non-hydrogen) atoms. The van der Waals surface area contributed by atoms with Gasteiger partial charge in [0.2, 0.25) is 0 Å². The fourth-order valence-corrected chi connectivity index (χ4v) is 2.88. The highest BCUT2D eigenvalue weighted by Crippen LogP contribution is 2.22. The van der Waals surface area contributed by atoms with Crippen LogP contribution in [0, 0.1) is 0 Å². The van der Waals surface area contributed by atoms with Gasteiger partial charge in [0.15, 0.2) is 6.61 Å². The standard InChI is InChI=1S/C15H22BrN3O3/c16-13-1-2-14(22-11-15(17)20)12(9-13)10-18-3-4-19-5-7-21-8-6-19/h1-2,9,18H,3-8,10-11H2,(H2,17,20)/p+2. The average Bonchev–Trinajstić information content (AvgIpc) is 2.51. The van der Waals surface area contributed by atoms with Crippen LogP contribution in [0.5, 0.6) is 5.75 Å². The highest BCUT2D eigenvalue weighted by atomic mass is 79.9. The van der Waals surface area contributed by atoms with Crippen LogP contribution in [0.25, 0.3) is 0 Å². The molecule has 1 amide bonds. The summed E-state index contributed by atoms with van der Waals surface area (Å²) in [4.78, 5) is 12.5. The third kappa shape index (κ3) is 5.92. The van der Waals surface area contributed by atoms with Crippen molar-refractivity contribution in [3.05, 3.63) is 28.2 Å². The Labute approximate surface area is 139 Å². The molecule has 6 nitrogen and oxygen atoms in total. The van der Waals surface area contributed by atoms with Crippen LogP contribution >= 0.6 is 15.9 Å². The van der Waals surface area contributed by atoms with Crippen LogP contribution in [0.2, 0.25) is 0 Å². The summed E-state index contributed by atoms with van der Waals surface area (Å²) in [5.74, 6) is 0.255. The number of quaternary nitrogens is 2. The molecular formula is C15H24BrN3O3+2. The number of hydrogen-bond donors (Lipinski definition) is 3. The van der Waals surface area contributed by atoms with Crippen molar-refractivity contribution in [1.29, 1.82) is 0 Å². The minimum atomic E-state index is -0.464. The molecule has 0 atom stereocenters. The summed E-state index contributed by atoms with van der Waals surface area (Å²) in [7, 11) is 0. The summed E-state index contributed by atoms with van der Waals surface area (Å²) < 4.78 is 11.8. The number of morpholine rings is 1. The van der Waals surface area contributed by atoms with Gasteiger partial charge >= 0.3 is 0 Å². The monoisotopic (exact) mass is 373 g/mol. The van der Waals surface area contributed by atoms with E-state index >= 15 is 0 Å². The largest absolute Gasteiger partial charge is 0.483 e. The zero-order valence-electron chi connectivity index (χ0n) is 12.6. The number of carbonyl (C=O) groups excluding carboxylic acids is 1. The number of benzene rings is 1. The second kappa shape index (κ2) is 9.09. The third-order valence-corrected chi connectivity index (χ3v) is 4.15. The summed E-state index contributed by atoms with van der Waals surface area (Å²) in [6, 6.07) is 5.79. The number of nitrogens with two attached hydrogens (primary N) is 2. The van der Waals surface area contributed by atoms with Gasteiger partial charge in [0.1, 0.15) is 38.5 Å². The molecule has 0 spiro atoms. The first-order chi connectivity index (χ1) is 10.6. The molecule has 1 aromatic rings. The summed E-state index contributed by atoms with van der Waals surface area (Å²) in [5, 5.41) is 2.27. The summed E-state index contributed by atoms with van der Waals surface area (Å²) in [6.45, 7) is 6.84. The molecule has 1 aliphatic rings. The molecule has 1 aliphatic heterocycles. The first-order valence-corrected chi connectivity index (χ1v) is 8.37. The van der Waals surface area contributed by atoms with Crippen molar-refractivity contribution >= 4 is 21.8 Å². The highest BCUT2D eigenvalue weighted by Gasteiger charge is 2.14. The number of ether oxygens (including phenoxy) is 2. The normalized spacial score (nSPS) is 15.7. The lowest BCUT2D eigenvalue weighted by Crippen LogP contribution is -3.16. The van der Waals surface area contributed by atoms with E-state index in [4.69, 9.17) is 15.2 Å².